The normalized spacial score (nSPS) is 14.6. The average molecular weight is 285 g/mol. The molecule has 1 unspecified atom stereocenters. The summed E-state index contributed by atoms with van der Waals surface area (Å²) in [6.07, 6.45) is -0.460. The number of hydrogen-bond donors (Lipinski definition) is 2. The van der Waals surface area contributed by atoms with Crippen LogP contribution in [0.4, 0.5) is 0 Å². The fraction of sp³-hybridized carbons (Fsp3) is 0.733. The summed E-state index contributed by atoms with van der Waals surface area (Å²) < 4.78 is 5.56. The molecule has 1 heterocycles. The molecule has 0 bridgehead atoms. The number of aliphatic hydroxyl groups excluding tert-OH is 1. The van der Waals surface area contributed by atoms with E-state index in [1.165, 1.54) is 4.88 Å². The van der Waals surface area contributed by atoms with E-state index in [1.807, 2.05) is 20.8 Å². The van der Waals surface area contributed by atoms with Gasteiger partial charge in [-0.15, -0.1) is 11.3 Å². The van der Waals surface area contributed by atoms with Crippen molar-refractivity contribution < 1.29 is 9.84 Å². The lowest BCUT2D eigenvalue weighted by atomic mass is 9.91. The molecule has 0 fully saturated rings. The van der Waals surface area contributed by atoms with Gasteiger partial charge in [0.25, 0.3) is 0 Å². The SMILES string of the molecule is CC(C)(C)OCC(O)CNCC(C)(C)c1cccs1. The summed E-state index contributed by atoms with van der Waals surface area (Å²) in [5.74, 6) is 0. The average Bonchev–Trinajstić information content (AvgIpc) is 2.79. The molecule has 0 aliphatic heterocycles. The molecule has 4 heteroatoms. The first kappa shape index (κ1) is 16.6. The van der Waals surface area contributed by atoms with Crippen LogP contribution < -0.4 is 5.32 Å². The molecule has 19 heavy (non-hydrogen) atoms. The minimum Gasteiger partial charge on any atom is -0.389 e. The van der Waals surface area contributed by atoms with E-state index in [4.69, 9.17) is 4.74 Å². The van der Waals surface area contributed by atoms with E-state index in [2.05, 4.69) is 36.7 Å². The van der Waals surface area contributed by atoms with Crippen molar-refractivity contribution in [1.29, 1.82) is 0 Å². The molecule has 0 spiro atoms. The summed E-state index contributed by atoms with van der Waals surface area (Å²) in [5.41, 5.74) is -0.101. The minimum absolute atomic E-state index is 0.0960. The minimum atomic E-state index is -0.460. The summed E-state index contributed by atoms with van der Waals surface area (Å²) in [5, 5.41) is 15.3. The predicted molar refractivity (Wildman–Crippen MR) is 81.9 cm³/mol. The summed E-state index contributed by atoms with van der Waals surface area (Å²) in [6.45, 7) is 12.2. The van der Waals surface area contributed by atoms with Crippen LogP contribution >= 0.6 is 11.3 Å². The van der Waals surface area contributed by atoms with E-state index in [0.717, 1.165) is 6.54 Å². The van der Waals surface area contributed by atoms with Gasteiger partial charge in [0.05, 0.1) is 18.3 Å². The fourth-order valence-corrected chi connectivity index (χ4v) is 2.56. The first-order valence-corrected chi connectivity index (χ1v) is 7.65. The zero-order chi connectivity index (χ0) is 14.5. The Bertz CT molecular complexity index is 355. The van der Waals surface area contributed by atoms with Gasteiger partial charge in [0.1, 0.15) is 0 Å². The van der Waals surface area contributed by atoms with Crippen LogP contribution in [0.2, 0.25) is 0 Å². The highest BCUT2D eigenvalue weighted by Gasteiger charge is 2.21. The fourth-order valence-electron chi connectivity index (χ4n) is 1.71. The predicted octanol–water partition coefficient (Wildman–Crippen LogP) is 2.79. The standard InChI is InChI=1S/C15H27NO2S/c1-14(2,3)18-10-12(17)9-16-11-15(4,5)13-7-6-8-19-13/h6-8,12,16-17H,9-11H2,1-5H3. The molecule has 1 aromatic rings. The second kappa shape index (κ2) is 6.84. The van der Waals surface area contributed by atoms with E-state index in [-0.39, 0.29) is 11.0 Å². The van der Waals surface area contributed by atoms with Gasteiger partial charge < -0.3 is 15.2 Å². The quantitative estimate of drug-likeness (QED) is 0.809. The molecular formula is C15H27NO2S. The monoisotopic (exact) mass is 285 g/mol. The molecule has 110 valence electrons. The Morgan fingerprint density at radius 2 is 2.00 bits per heavy atom. The number of hydrogen-bond acceptors (Lipinski definition) is 4. The Morgan fingerprint density at radius 1 is 1.32 bits per heavy atom. The topological polar surface area (TPSA) is 41.5 Å². The van der Waals surface area contributed by atoms with Gasteiger partial charge in [-0.1, -0.05) is 19.9 Å². The van der Waals surface area contributed by atoms with Gasteiger partial charge in [-0.2, -0.15) is 0 Å². The maximum Gasteiger partial charge on any atom is 0.0897 e. The van der Waals surface area contributed by atoms with Crippen LogP contribution in [0.25, 0.3) is 0 Å². The molecule has 1 atom stereocenters. The Hall–Kier alpha value is -0.420. The Labute approximate surface area is 121 Å². The molecule has 1 rings (SSSR count). The van der Waals surface area contributed by atoms with Gasteiger partial charge in [0, 0.05) is 23.4 Å². The van der Waals surface area contributed by atoms with E-state index in [9.17, 15) is 5.11 Å². The molecule has 3 nitrogen and oxygen atoms in total. The summed E-state index contributed by atoms with van der Waals surface area (Å²) in [7, 11) is 0. The van der Waals surface area contributed by atoms with Gasteiger partial charge in [0.15, 0.2) is 0 Å². The molecule has 0 radical (unpaired) electrons. The van der Waals surface area contributed by atoms with Crippen molar-refractivity contribution in [3.05, 3.63) is 22.4 Å². The van der Waals surface area contributed by atoms with E-state index in [0.29, 0.717) is 13.2 Å². The number of ether oxygens (including phenoxy) is 1. The summed E-state index contributed by atoms with van der Waals surface area (Å²) in [4.78, 5) is 1.36. The smallest absolute Gasteiger partial charge is 0.0897 e. The zero-order valence-electron chi connectivity index (χ0n) is 12.7. The second-order valence-corrected chi connectivity index (χ2v) is 7.52. The molecule has 1 aromatic heterocycles. The van der Waals surface area contributed by atoms with Crippen LogP contribution in [-0.4, -0.2) is 36.5 Å². The van der Waals surface area contributed by atoms with Gasteiger partial charge in [-0.3, -0.25) is 0 Å². The number of nitrogens with one attached hydrogen (secondary N) is 1. The molecule has 0 saturated carbocycles. The van der Waals surface area contributed by atoms with Crippen LogP contribution in [0.15, 0.2) is 17.5 Å². The Kier molecular flexibility index (Phi) is 5.99. The Balaban J connectivity index is 2.26. The molecule has 0 saturated heterocycles. The van der Waals surface area contributed by atoms with E-state index >= 15 is 0 Å². The maximum atomic E-state index is 9.86. The van der Waals surface area contributed by atoms with Crippen molar-refractivity contribution >= 4 is 11.3 Å². The van der Waals surface area contributed by atoms with E-state index < -0.39 is 6.10 Å². The van der Waals surface area contributed by atoms with Crippen molar-refractivity contribution in [1.82, 2.24) is 5.32 Å². The first-order chi connectivity index (χ1) is 8.71. The largest absolute Gasteiger partial charge is 0.389 e. The third-order valence-electron chi connectivity index (χ3n) is 2.84. The number of aliphatic hydroxyl groups is 1. The van der Waals surface area contributed by atoms with Crippen molar-refractivity contribution in [3.8, 4) is 0 Å². The first-order valence-electron chi connectivity index (χ1n) is 6.77. The highest BCUT2D eigenvalue weighted by atomic mass is 32.1. The highest BCUT2D eigenvalue weighted by molar-refractivity contribution is 7.10. The highest BCUT2D eigenvalue weighted by Crippen LogP contribution is 2.26. The maximum absolute atomic E-state index is 9.86. The second-order valence-electron chi connectivity index (χ2n) is 6.57. The number of thiophene rings is 1. The van der Waals surface area contributed by atoms with Crippen LogP contribution in [0.3, 0.4) is 0 Å². The summed E-state index contributed by atoms with van der Waals surface area (Å²) in [6, 6.07) is 4.24. The molecule has 2 N–H and O–H groups in total. The van der Waals surface area contributed by atoms with Crippen molar-refractivity contribution in [2.75, 3.05) is 19.7 Å². The third kappa shape index (κ3) is 6.52. The lowest BCUT2D eigenvalue weighted by molar-refractivity contribution is -0.0480. The summed E-state index contributed by atoms with van der Waals surface area (Å²) >= 11 is 1.78. The lowest BCUT2D eigenvalue weighted by Crippen LogP contribution is -2.39. The third-order valence-corrected chi connectivity index (χ3v) is 4.08. The van der Waals surface area contributed by atoms with Crippen LogP contribution in [0, 0.1) is 0 Å². The van der Waals surface area contributed by atoms with Gasteiger partial charge in [-0.25, -0.2) is 0 Å². The van der Waals surface area contributed by atoms with E-state index in [1.54, 1.807) is 11.3 Å². The van der Waals surface area contributed by atoms with Gasteiger partial charge in [-0.05, 0) is 32.2 Å². The Morgan fingerprint density at radius 3 is 2.53 bits per heavy atom. The molecule has 0 aliphatic rings. The molecular weight excluding hydrogens is 258 g/mol. The van der Waals surface area contributed by atoms with Gasteiger partial charge in [0.2, 0.25) is 0 Å². The van der Waals surface area contributed by atoms with Gasteiger partial charge >= 0.3 is 0 Å². The number of rotatable bonds is 7. The van der Waals surface area contributed by atoms with Crippen LogP contribution in [0.1, 0.15) is 39.5 Å². The lowest BCUT2D eigenvalue weighted by Gasteiger charge is -2.26. The van der Waals surface area contributed by atoms with Crippen molar-refractivity contribution in [2.24, 2.45) is 0 Å². The molecule has 0 amide bonds. The molecule has 0 aromatic carbocycles. The van der Waals surface area contributed by atoms with Crippen molar-refractivity contribution in [3.63, 3.8) is 0 Å². The van der Waals surface area contributed by atoms with Crippen molar-refractivity contribution in [2.45, 2.75) is 51.7 Å². The zero-order valence-corrected chi connectivity index (χ0v) is 13.5. The molecule has 0 aliphatic carbocycles. The van der Waals surface area contributed by atoms with Crippen LogP contribution in [0.5, 0.6) is 0 Å². The van der Waals surface area contributed by atoms with Crippen LogP contribution in [-0.2, 0) is 10.2 Å².